The number of amides is 1. The number of hydrogen-bond acceptors (Lipinski definition) is 3. The lowest BCUT2D eigenvalue weighted by atomic mass is 10.2. The normalized spacial score (nSPS) is 19.2. The Bertz CT molecular complexity index is 418. The summed E-state index contributed by atoms with van der Waals surface area (Å²) in [5.41, 5.74) is 2.27. The van der Waals surface area contributed by atoms with E-state index in [4.69, 9.17) is 0 Å². The summed E-state index contributed by atoms with van der Waals surface area (Å²) >= 11 is 1.85. The lowest BCUT2D eigenvalue weighted by Gasteiger charge is -2.16. The number of carbonyl (C=O) groups excluding carboxylic acids is 1. The van der Waals surface area contributed by atoms with E-state index in [0.717, 1.165) is 17.5 Å². The molecule has 2 aliphatic rings. The highest BCUT2D eigenvalue weighted by molar-refractivity contribution is 8.00. The Morgan fingerprint density at radius 3 is 3.00 bits per heavy atom. The van der Waals surface area contributed by atoms with Gasteiger partial charge in [-0.3, -0.25) is 9.78 Å². The van der Waals surface area contributed by atoms with Crippen molar-refractivity contribution in [3.05, 3.63) is 29.6 Å². The van der Waals surface area contributed by atoms with Crippen LogP contribution in [0.15, 0.2) is 18.3 Å². The third kappa shape index (κ3) is 2.53. The summed E-state index contributed by atoms with van der Waals surface area (Å²) in [5, 5.41) is 0.719. The molecule has 1 aromatic heterocycles. The van der Waals surface area contributed by atoms with Crippen LogP contribution >= 0.6 is 11.8 Å². The maximum absolute atomic E-state index is 12.1. The summed E-state index contributed by atoms with van der Waals surface area (Å²) in [5.74, 6) is 0.906. The van der Waals surface area contributed by atoms with Crippen molar-refractivity contribution in [2.24, 2.45) is 0 Å². The predicted octanol–water partition coefficient (Wildman–Crippen LogP) is 2.60. The van der Waals surface area contributed by atoms with Crippen molar-refractivity contribution in [1.29, 1.82) is 0 Å². The van der Waals surface area contributed by atoms with Gasteiger partial charge < -0.3 is 4.90 Å². The van der Waals surface area contributed by atoms with Gasteiger partial charge in [0.1, 0.15) is 0 Å². The van der Waals surface area contributed by atoms with E-state index in [-0.39, 0.29) is 5.91 Å². The molecule has 0 aromatic carbocycles. The van der Waals surface area contributed by atoms with Crippen LogP contribution in [0, 0.1) is 0 Å². The van der Waals surface area contributed by atoms with Crippen molar-refractivity contribution in [3.63, 3.8) is 0 Å². The van der Waals surface area contributed by atoms with Crippen LogP contribution in [0.4, 0.5) is 0 Å². The van der Waals surface area contributed by atoms with Crippen LogP contribution in [0.1, 0.15) is 36.9 Å². The molecule has 1 aliphatic carbocycles. The Morgan fingerprint density at radius 1 is 1.39 bits per heavy atom. The van der Waals surface area contributed by atoms with Gasteiger partial charge in [0, 0.05) is 18.0 Å². The van der Waals surface area contributed by atoms with Crippen LogP contribution in [0.2, 0.25) is 0 Å². The highest BCUT2D eigenvalue weighted by atomic mass is 32.2. The molecule has 0 N–H and O–H groups in total. The second kappa shape index (κ2) is 5.31. The quantitative estimate of drug-likeness (QED) is 0.839. The molecule has 1 aliphatic heterocycles. The highest BCUT2D eigenvalue weighted by Crippen LogP contribution is 2.30. The summed E-state index contributed by atoms with van der Waals surface area (Å²) < 4.78 is 0. The van der Waals surface area contributed by atoms with E-state index in [2.05, 4.69) is 11.1 Å². The zero-order chi connectivity index (χ0) is 12.4. The minimum atomic E-state index is 0.268. The van der Waals surface area contributed by atoms with Gasteiger partial charge in [-0.2, -0.15) is 0 Å². The van der Waals surface area contributed by atoms with Gasteiger partial charge in [-0.1, -0.05) is 18.9 Å². The lowest BCUT2D eigenvalue weighted by Crippen LogP contribution is -2.27. The third-order valence-electron chi connectivity index (χ3n) is 3.78. The zero-order valence-electron chi connectivity index (χ0n) is 10.5. The number of pyridine rings is 1. The van der Waals surface area contributed by atoms with Gasteiger partial charge >= 0.3 is 0 Å². The number of carbonyl (C=O) groups is 1. The predicted molar refractivity (Wildman–Crippen MR) is 73.2 cm³/mol. The number of thioether (sulfide) groups is 1. The molecular formula is C14H18N2OS. The minimum Gasteiger partial charge on any atom is -0.332 e. The van der Waals surface area contributed by atoms with E-state index in [1.807, 2.05) is 22.7 Å². The molecule has 18 heavy (non-hydrogen) atoms. The molecule has 4 heteroatoms. The Labute approximate surface area is 112 Å². The van der Waals surface area contributed by atoms with Gasteiger partial charge in [-0.15, -0.1) is 11.8 Å². The standard InChI is InChI=1S/C14H18N2OS/c17-14(10-18-12-5-1-2-6-12)16-8-11-4-3-7-15-13(11)9-16/h3-4,7,12H,1-2,5-6,8-10H2. The first-order valence-corrected chi connectivity index (χ1v) is 7.70. The molecule has 0 unspecified atom stereocenters. The molecule has 1 aromatic rings. The van der Waals surface area contributed by atoms with E-state index < -0.39 is 0 Å². The molecule has 3 rings (SSSR count). The van der Waals surface area contributed by atoms with Gasteiger partial charge in [0.05, 0.1) is 18.0 Å². The van der Waals surface area contributed by atoms with Crippen molar-refractivity contribution in [1.82, 2.24) is 9.88 Å². The maximum atomic E-state index is 12.1. The van der Waals surface area contributed by atoms with Gasteiger partial charge in [0.15, 0.2) is 0 Å². The fourth-order valence-electron chi connectivity index (χ4n) is 2.71. The van der Waals surface area contributed by atoms with Crippen LogP contribution in [0.25, 0.3) is 0 Å². The summed E-state index contributed by atoms with van der Waals surface area (Å²) in [7, 11) is 0. The van der Waals surface area contributed by atoms with Gasteiger partial charge in [-0.25, -0.2) is 0 Å². The van der Waals surface area contributed by atoms with E-state index in [1.165, 1.54) is 31.2 Å². The highest BCUT2D eigenvalue weighted by Gasteiger charge is 2.25. The number of rotatable bonds is 3. The number of nitrogens with zero attached hydrogens (tertiary/aromatic N) is 2. The minimum absolute atomic E-state index is 0.268. The molecule has 0 bridgehead atoms. The number of aromatic nitrogens is 1. The van der Waals surface area contributed by atoms with Gasteiger partial charge in [0.25, 0.3) is 0 Å². The lowest BCUT2D eigenvalue weighted by molar-refractivity contribution is -0.128. The molecule has 0 atom stereocenters. The fraction of sp³-hybridized carbons (Fsp3) is 0.571. The summed E-state index contributed by atoms with van der Waals surface area (Å²) in [6.45, 7) is 1.44. The first kappa shape index (κ1) is 12.0. The number of fused-ring (bicyclic) bond motifs is 1. The van der Waals surface area contributed by atoms with Gasteiger partial charge in [-0.05, 0) is 24.5 Å². The van der Waals surface area contributed by atoms with Crippen molar-refractivity contribution in [2.45, 2.75) is 44.0 Å². The second-order valence-electron chi connectivity index (χ2n) is 5.08. The SMILES string of the molecule is O=C(CSC1CCCC1)N1Cc2cccnc2C1. The summed E-state index contributed by atoms with van der Waals surface area (Å²) in [6.07, 6.45) is 7.06. The summed E-state index contributed by atoms with van der Waals surface area (Å²) in [4.78, 5) is 18.4. The monoisotopic (exact) mass is 262 g/mol. The molecule has 0 radical (unpaired) electrons. The first-order valence-electron chi connectivity index (χ1n) is 6.65. The maximum Gasteiger partial charge on any atom is 0.233 e. The summed E-state index contributed by atoms with van der Waals surface area (Å²) in [6, 6.07) is 4.01. The van der Waals surface area contributed by atoms with Crippen molar-refractivity contribution >= 4 is 17.7 Å². The first-order chi connectivity index (χ1) is 8.83. The van der Waals surface area contributed by atoms with Crippen LogP contribution in [-0.4, -0.2) is 26.8 Å². The van der Waals surface area contributed by atoms with Crippen LogP contribution in [0.3, 0.4) is 0 Å². The average molecular weight is 262 g/mol. The molecule has 0 saturated heterocycles. The van der Waals surface area contributed by atoms with E-state index in [0.29, 0.717) is 12.3 Å². The van der Waals surface area contributed by atoms with Crippen LogP contribution < -0.4 is 0 Å². The second-order valence-corrected chi connectivity index (χ2v) is 6.37. The van der Waals surface area contributed by atoms with E-state index >= 15 is 0 Å². The third-order valence-corrected chi connectivity index (χ3v) is 5.14. The topological polar surface area (TPSA) is 33.2 Å². The fourth-order valence-corrected chi connectivity index (χ4v) is 3.94. The molecular weight excluding hydrogens is 244 g/mol. The molecule has 1 amide bonds. The Morgan fingerprint density at radius 2 is 2.22 bits per heavy atom. The molecule has 1 fully saturated rings. The average Bonchev–Trinajstić information content (AvgIpc) is 3.04. The van der Waals surface area contributed by atoms with Crippen molar-refractivity contribution in [3.8, 4) is 0 Å². The van der Waals surface area contributed by atoms with E-state index in [9.17, 15) is 4.79 Å². The Hall–Kier alpha value is -1.03. The van der Waals surface area contributed by atoms with Crippen LogP contribution in [0.5, 0.6) is 0 Å². The molecule has 0 spiro atoms. The molecule has 2 heterocycles. The molecule has 96 valence electrons. The smallest absolute Gasteiger partial charge is 0.233 e. The molecule has 1 saturated carbocycles. The zero-order valence-corrected chi connectivity index (χ0v) is 11.3. The van der Waals surface area contributed by atoms with Crippen molar-refractivity contribution < 1.29 is 4.79 Å². The van der Waals surface area contributed by atoms with E-state index in [1.54, 1.807) is 6.20 Å². The number of hydrogen-bond donors (Lipinski definition) is 0. The van der Waals surface area contributed by atoms with Gasteiger partial charge in [0.2, 0.25) is 5.91 Å². The van der Waals surface area contributed by atoms with Crippen LogP contribution in [-0.2, 0) is 17.9 Å². The molecule has 3 nitrogen and oxygen atoms in total. The largest absolute Gasteiger partial charge is 0.332 e. The van der Waals surface area contributed by atoms with Crippen molar-refractivity contribution in [2.75, 3.05) is 5.75 Å². The Kier molecular flexibility index (Phi) is 3.55. The Balaban J connectivity index is 1.52.